The summed E-state index contributed by atoms with van der Waals surface area (Å²) >= 11 is 0. The third-order valence-corrected chi connectivity index (χ3v) is 1.84. The lowest BCUT2D eigenvalue weighted by molar-refractivity contribution is -0.141. The van der Waals surface area contributed by atoms with E-state index < -0.39 is 11.9 Å². The highest BCUT2D eigenvalue weighted by Crippen LogP contribution is 2.28. The Morgan fingerprint density at radius 1 is 1.43 bits per heavy atom. The van der Waals surface area contributed by atoms with Crippen LogP contribution >= 0.6 is 0 Å². The van der Waals surface area contributed by atoms with Gasteiger partial charge in [-0.25, -0.2) is 4.98 Å². The minimum atomic E-state index is -4.43. The first-order valence-electron chi connectivity index (χ1n) is 4.10. The van der Waals surface area contributed by atoms with E-state index in [9.17, 15) is 13.2 Å². The number of aromatic nitrogens is 1. The summed E-state index contributed by atoms with van der Waals surface area (Å²) < 4.78 is 36.6. The number of aliphatic hydroxyl groups is 1. The predicted octanol–water partition coefficient (Wildman–Crippen LogP) is 2.20. The molecule has 5 heteroatoms. The highest BCUT2D eigenvalue weighted by atomic mass is 19.4. The molecular weight excluding hydrogens is 195 g/mol. The number of pyridine rings is 1. The smallest absolute Gasteiger partial charge is 0.396 e. The maximum Gasteiger partial charge on any atom is 0.433 e. The number of hydrogen-bond donors (Lipinski definition) is 1. The molecule has 0 saturated heterocycles. The van der Waals surface area contributed by atoms with Crippen molar-refractivity contribution in [1.29, 1.82) is 0 Å². The molecule has 0 aliphatic rings. The molecule has 2 nitrogen and oxygen atoms in total. The number of aliphatic hydroxyl groups excluding tert-OH is 1. The summed E-state index contributed by atoms with van der Waals surface area (Å²) in [6.45, 7) is 1.40. The molecule has 0 aliphatic carbocycles. The molecule has 1 atom stereocenters. The second kappa shape index (κ2) is 3.96. The molecule has 1 aromatic rings. The van der Waals surface area contributed by atoms with Gasteiger partial charge in [0.2, 0.25) is 0 Å². The van der Waals surface area contributed by atoms with E-state index in [2.05, 4.69) is 4.98 Å². The Morgan fingerprint density at radius 3 is 2.57 bits per heavy atom. The van der Waals surface area contributed by atoms with Gasteiger partial charge in [-0.15, -0.1) is 0 Å². The summed E-state index contributed by atoms with van der Waals surface area (Å²) in [5.41, 5.74) is -0.669. The van der Waals surface area contributed by atoms with Gasteiger partial charge in [0.1, 0.15) is 5.69 Å². The second-order valence-electron chi connectivity index (χ2n) is 3.03. The third-order valence-electron chi connectivity index (χ3n) is 1.84. The van der Waals surface area contributed by atoms with Gasteiger partial charge in [-0.3, -0.25) is 0 Å². The van der Waals surface area contributed by atoms with Crippen molar-refractivity contribution >= 4 is 0 Å². The lowest BCUT2D eigenvalue weighted by Crippen LogP contribution is -2.11. The molecule has 0 saturated carbocycles. The van der Waals surface area contributed by atoms with E-state index in [4.69, 9.17) is 5.11 Å². The summed E-state index contributed by atoms with van der Waals surface area (Å²) in [6.07, 6.45) is -4.43. The lowest BCUT2D eigenvalue weighted by Gasteiger charge is -2.10. The van der Waals surface area contributed by atoms with Crippen LogP contribution < -0.4 is 0 Å². The van der Waals surface area contributed by atoms with E-state index in [1.165, 1.54) is 12.1 Å². The van der Waals surface area contributed by atoms with Crippen LogP contribution in [0.4, 0.5) is 13.2 Å². The van der Waals surface area contributed by atoms with Crippen molar-refractivity contribution in [2.45, 2.75) is 19.0 Å². The zero-order chi connectivity index (χ0) is 10.8. The highest BCUT2D eigenvalue weighted by Gasteiger charge is 2.32. The summed E-state index contributed by atoms with van der Waals surface area (Å²) in [5.74, 6) is -0.377. The van der Waals surface area contributed by atoms with Crippen LogP contribution in [0, 0.1) is 0 Å². The first kappa shape index (κ1) is 11.0. The Balaban J connectivity index is 3.01. The molecule has 0 aromatic carbocycles. The molecule has 1 N–H and O–H groups in total. The molecule has 0 aliphatic heterocycles. The fourth-order valence-corrected chi connectivity index (χ4v) is 0.977. The Bertz CT molecular complexity index is 311. The van der Waals surface area contributed by atoms with Crippen LogP contribution in [0.2, 0.25) is 0 Å². The van der Waals surface area contributed by atoms with Crippen LogP contribution in [-0.4, -0.2) is 16.7 Å². The topological polar surface area (TPSA) is 33.1 Å². The van der Waals surface area contributed by atoms with Crippen molar-refractivity contribution in [3.63, 3.8) is 0 Å². The van der Waals surface area contributed by atoms with Gasteiger partial charge in [-0.2, -0.15) is 13.2 Å². The Morgan fingerprint density at radius 2 is 2.07 bits per heavy atom. The van der Waals surface area contributed by atoms with E-state index in [-0.39, 0.29) is 18.2 Å². The maximum absolute atomic E-state index is 12.2. The summed E-state index contributed by atoms with van der Waals surface area (Å²) in [7, 11) is 0. The van der Waals surface area contributed by atoms with Crippen LogP contribution in [0.15, 0.2) is 18.2 Å². The fraction of sp³-hybridized carbons (Fsp3) is 0.444. The Labute approximate surface area is 79.4 Å². The van der Waals surface area contributed by atoms with Crippen LogP contribution in [0.5, 0.6) is 0 Å². The van der Waals surface area contributed by atoms with Gasteiger partial charge in [0, 0.05) is 11.6 Å². The summed E-state index contributed by atoms with van der Waals surface area (Å²) in [4.78, 5) is 3.43. The molecule has 0 amide bonds. The SMILES string of the molecule is C[C@H](CO)c1cccc(C(F)(F)F)n1. The largest absolute Gasteiger partial charge is 0.433 e. The van der Waals surface area contributed by atoms with Gasteiger partial charge < -0.3 is 5.11 Å². The number of halogens is 3. The molecule has 14 heavy (non-hydrogen) atoms. The average molecular weight is 205 g/mol. The molecule has 1 heterocycles. The van der Waals surface area contributed by atoms with E-state index in [0.717, 1.165) is 6.07 Å². The lowest BCUT2D eigenvalue weighted by atomic mass is 10.1. The van der Waals surface area contributed by atoms with Crippen molar-refractivity contribution in [2.24, 2.45) is 0 Å². The first-order chi connectivity index (χ1) is 6.45. The number of nitrogens with zero attached hydrogens (tertiary/aromatic N) is 1. The predicted molar refractivity (Wildman–Crippen MR) is 44.7 cm³/mol. The van der Waals surface area contributed by atoms with Crippen molar-refractivity contribution in [1.82, 2.24) is 4.98 Å². The van der Waals surface area contributed by atoms with Crippen LogP contribution in [0.3, 0.4) is 0 Å². The van der Waals surface area contributed by atoms with Crippen molar-refractivity contribution in [3.05, 3.63) is 29.6 Å². The van der Waals surface area contributed by atoms with E-state index in [1.807, 2.05) is 0 Å². The Hall–Kier alpha value is -1.10. The Kier molecular flexibility index (Phi) is 3.10. The molecule has 1 rings (SSSR count). The normalized spacial score (nSPS) is 14.1. The van der Waals surface area contributed by atoms with E-state index in [0.29, 0.717) is 0 Å². The summed E-state index contributed by atoms with van der Waals surface area (Å²) in [6, 6.07) is 3.67. The third kappa shape index (κ3) is 2.45. The molecule has 0 fully saturated rings. The van der Waals surface area contributed by atoms with Crippen molar-refractivity contribution < 1.29 is 18.3 Å². The number of rotatable bonds is 2. The van der Waals surface area contributed by atoms with Gasteiger partial charge in [0.25, 0.3) is 0 Å². The van der Waals surface area contributed by atoms with Gasteiger partial charge in [-0.05, 0) is 12.1 Å². The van der Waals surface area contributed by atoms with Gasteiger partial charge >= 0.3 is 6.18 Å². The van der Waals surface area contributed by atoms with Crippen molar-refractivity contribution in [2.75, 3.05) is 6.61 Å². The minimum Gasteiger partial charge on any atom is -0.396 e. The van der Waals surface area contributed by atoms with E-state index in [1.54, 1.807) is 6.92 Å². The zero-order valence-electron chi connectivity index (χ0n) is 7.54. The maximum atomic E-state index is 12.2. The molecular formula is C9H10F3NO. The first-order valence-corrected chi connectivity index (χ1v) is 4.10. The average Bonchev–Trinajstić information content (AvgIpc) is 2.15. The molecule has 1 aromatic heterocycles. The monoisotopic (exact) mass is 205 g/mol. The standard InChI is InChI=1S/C9H10F3NO/c1-6(5-14)7-3-2-4-8(13-7)9(10,11)12/h2-4,6,14H,5H2,1H3/t6-/m1/s1. The quantitative estimate of drug-likeness (QED) is 0.802. The summed E-state index contributed by atoms with van der Waals surface area (Å²) in [5, 5.41) is 8.76. The molecule has 78 valence electrons. The van der Waals surface area contributed by atoms with Gasteiger partial charge in [0.15, 0.2) is 0 Å². The number of alkyl halides is 3. The van der Waals surface area contributed by atoms with Crippen LogP contribution in [0.1, 0.15) is 24.2 Å². The molecule has 0 unspecified atom stereocenters. The van der Waals surface area contributed by atoms with Gasteiger partial charge in [0.05, 0.1) is 6.61 Å². The molecule has 0 spiro atoms. The highest BCUT2D eigenvalue weighted by molar-refractivity contribution is 5.16. The van der Waals surface area contributed by atoms with Crippen molar-refractivity contribution in [3.8, 4) is 0 Å². The molecule has 0 bridgehead atoms. The van der Waals surface area contributed by atoms with Crippen LogP contribution in [-0.2, 0) is 6.18 Å². The minimum absolute atomic E-state index is 0.214. The molecule has 0 radical (unpaired) electrons. The second-order valence-corrected chi connectivity index (χ2v) is 3.03. The zero-order valence-corrected chi connectivity index (χ0v) is 7.54. The number of hydrogen-bond acceptors (Lipinski definition) is 2. The van der Waals surface area contributed by atoms with Crippen LogP contribution in [0.25, 0.3) is 0 Å². The van der Waals surface area contributed by atoms with E-state index >= 15 is 0 Å². The fourth-order valence-electron chi connectivity index (χ4n) is 0.977. The van der Waals surface area contributed by atoms with Gasteiger partial charge in [-0.1, -0.05) is 13.0 Å².